The van der Waals surface area contributed by atoms with Gasteiger partial charge >= 0.3 is 95.6 Å². The minimum atomic E-state index is -1.47. The van der Waals surface area contributed by atoms with Gasteiger partial charge in [0.2, 0.25) is 0 Å². The van der Waals surface area contributed by atoms with Crippen molar-refractivity contribution in [3.05, 3.63) is 43.1 Å². The Labute approximate surface area is 95.2 Å². The second-order valence-electron chi connectivity index (χ2n) is 4.22. The van der Waals surface area contributed by atoms with Crippen LogP contribution in [0.2, 0.25) is 13.1 Å². The summed E-state index contributed by atoms with van der Waals surface area (Å²) >= 11 is -1.47. The van der Waals surface area contributed by atoms with Gasteiger partial charge in [-0.3, -0.25) is 0 Å². The molecule has 0 aromatic carbocycles. The quantitative estimate of drug-likeness (QED) is 0.672. The molecule has 0 saturated carbocycles. The SMILES string of the molecule is C[SiH](C)[Hf]([C]1=CC=CC1)[C]1=CC=CC1. The number of allylic oxidation sites excluding steroid dienone is 8. The fourth-order valence-electron chi connectivity index (χ4n) is 2.24. The Kier molecular flexibility index (Phi) is 3.55. The van der Waals surface area contributed by atoms with Crippen molar-refractivity contribution in [1.29, 1.82) is 0 Å². The molecule has 0 spiro atoms. The Morgan fingerprint density at radius 2 is 1.50 bits per heavy atom. The van der Waals surface area contributed by atoms with Crippen LogP contribution in [0.4, 0.5) is 0 Å². The molecule has 0 fully saturated rings. The summed E-state index contributed by atoms with van der Waals surface area (Å²) < 4.78 is 3.73. The van der Waals surface area contributed by atoms with Crippen LogP contribution in [0.15, 0.2) is 43.1 Å². The molecule has 2 rings (SSSR count). The number of hydrogen-bond acceptors (Lipinski definition) is 0. The van der Waals surface area contributed by atoms with Gasteiger partial charge in [0, 0.05) is 0 Å². The Hall–Kier alpha value is 0.0470. The van der Waals surface area contributed by atoms with E-state index in [9.17, 15) is 0 Å². The molecule has 0 aromatic rings. The molecule has 0 nitrogen and oxygen atoms in total. The molecule has 2 aliphatic rings. The van der Waals surface area contributed by atoms with Crippen LogP contribution in [-0.4, -0.2) is 5.98 Å². The fraction of sp³-hybridized carbons (Fsp3) is 0.333. The molecule has 0 radical (unpaired) electrons. The van der Waals surface area contributed by atoms with Crippen LogP contribution in [0.25, 0.3) is 0 Å². The van der Waals surface area contributed by atoms with E-state index in [0.29, 0.717) is 0 Å². The Bertz CT molecular complexity index is 304. The second-order valence-corrected chi connectivity index (χ2v) is 31.3. The van der Waals surface area contributed by atoms with E-state index in [0.717, 1.165) is 0 Å². The standard InChI is InChI=1S/2C5H5.C2H7Si.Hf/c2*1-2-4-5-3-1;1-3-2;/h2*1-3H,4H2;3H,1-2H3;. The zero-order chi connectivity index (χ0) is 9.97. The van der Waals surface area contributed by atoms with Crippen molar-refractivity contribution in [2.75, 3.05) is 0 Å². The average molecular weight is 368 g/mol. The molecule has 0 N–H and O–H groups in total. The van der Waals surface area contributed by atoms with Crippen LogP contribution in [0.3, 0.4) is 0 Å². The average Bonchev–Trinajstić information content (AvgIpc) is 2.75. The van der Waals surface area contributed by atoms with Gasteiger partial charge in [0.25, 0.3) is 0 Å². The summed E-state index contributed by atoms with van der Waals surface area (Å²) in [6.45, 7) is 5.11. The first-order chi connectivity index (χ1) is 6.79. The molecule has 0 aromatic heterocycles. The van der Waals surface area contributed by atoms with E-state index in [-0.39, 0.29) is 0 Å². The van der Waals surface area contributed by atoms with Gasteiger partial charge in [-0.1, -0.05) is 0 Å². The van der Waals surface area contributed by atoms with Crippen LogP contribution >= 0.6 is 0 Å². The van der Waals surface area contributed by atoms with Gasteiger partial charge in [-0.25, -0.2) is 0 Å². The summed E-state index contributed by atoms with van der Waals surface area (Å²) in [4.78, 5) is 0. The van der Waals surface area contributed by atoms with Crippen LogP contribution in [0.1, 0.15) is 12.8 Å². The van der Waals surface area contributed by atoms with Gasteiger partial charge in [0.15, 0.2) is 0 Å². The van der Waals surface area contributed by atoms with Gasteiger partial charge < -0.3 is 0 Å². The van der Waals surface area contributed by atoms with Crippen LogP contribution in [-0.2, 0) is 20.6 Å². The van der Waals surface area contributed by atoms with Crippen LogP contribution in [0, 0.1) is 0 Å². The maximum atomic E-state index is 2.56. The molecule has 0 heterocycles. The Morgan fingerprint density at radius 3 is 1.79 bits per heavy atom. The predicted octanol–water partition coefficient (Wildman–Crippen LogP) is 3.28. The van der Waals surface area contributed by atoms with E-state index in [2.05, 4.69) is 49.6 Å². The number of hydrogen-bond donors (Lipinski definition) is 0. The molecule has 0 saturated heterocycles. The molecule has 14 heavy (non-hydrogen) atoms. The summed E-state index contributed by atoms with van der Waals surface area (Å²) in [6, 6.07) is 0. The second kappa shape index (κ2) is 4.71. The monoisotopic (exact) mass is 369 g/mol. The van der Waals surface area contributed by atoms with Gasteiger partial charge in [0.1, 0.15) is 0 Å². The zero-order valence-electron chi connectivity index (χ0n) is 8.96. The first kappa shape index (κ1) is 10.6. The van der Waals surface area contributed by atoms with Gasteiger partial charge in [-0.05, 0) is 0 Å². The third kappa shape index (κ3) is 2.17. The number of rotatable bonds is 3. The summed E-state index contributed by atoms with van der Waals surface area (Å²) in [5, 5.41) is 0. The molecule has 2 heteroatoms. The molecule has 0 bridgehead atoms. The van der Waals surface area contributed by atoms with Crippen molar-refractivity contribution in [1.82, 2.24) is 0 Å². The van der Waals surface area contributed by atoms with Crippen molar-refractivity contribution in [3.63, 3.8) is 0 Å². The molecule has 2 aliphatic carbocycles. The summed E-state index contributed by atoms with van der Waals surface area (Å²) in [7, 11) is 0. The van der Waals surface area contributed by atoms with E-state index >= 15 is 0 Å². The van der Waals surface area contributed by atoms with Crippen molar-refractivity contribution >= 4 is 5.98 Å². The third-order valence-corrected chi connectivity index (χ3v) is 30.1. The molecule has 0 atom stereocenters. The normalized spacial score (nSPS) is 19.1. The topological polar surface area (TPSA) is 0 Å². The Balaban J connectivity index is 2.16. The van der Waals surface area contributed by atoms with Crippen molar-refractivity contribution in [2.24, 2.45) is 0 Å². The first-order valence-corrected chi connectivity index (χ1v) is 18.1. The van der Waals surface area contributed by atoms with E-state index < -0.39 is 26.6 Å². The summed E-state index contributed by atoms with van der Waals surface area (Å²) in [5.74, 6) is -0.395. The van der Waals surface area contributed by atoms with Gasteiger partial charge in [-0.15, -0.1) is 0 Å². The van der Waals surface area contributed by atoms with E-state index in [1.807, 2.05) is 6.66 Å². The first-order valence-electron chi connectivity index (χ1n) is 5.38. The summed E-state index contributed by atoms with van der Waals surface area (Å²) in [6.07, 6.45) is 16.6. The fourth-order valence-corrected chi connectivity index (χ4v) is 29.1. The molecule has 0 amide bonds. The third-order valence-electron chi connectivity index (χ3n) is 2.81. The molecular formula is C12H17HfSi. The van der Waals surface area contributed by atoms with E-state index in [1.165, 1.54) is 12.8 Å². The van der Waals surface area contributed by atoms with Gasteiger partial charge in [-0.2, -0.15) is 0 Å². The van der Waals surface area contributed by atoms with Gasteiger partial charge in [0.05, 0.1) is 0 Å². The maximum absolute atomic E-state index is 2.56. The molecule has 0 aliphatic heterocycles. The molecular weight excluding hydrogens is 351 g/mol. The molecule has 0 unspecified atom stereocenters. The van der Waals surface area contributed by atoms with Crippen LogP contribution < -0.4 is 0 Å². The zero-order valence-corrected chi connectivity index (χ0v) is 13.7. The van der Waals surface area contributed by atoms with E-state index in [1.54, 1.807) is 0 Å². The van der Waals surface area contributed by atoms with Crippen molar-refractivity contribution in [3.8, 4) is 0 Å². The predicted molar refractivity (Wildman–Crippen MR) is 62.6 cm³/mol. The van der Waals surface area contributed by atoms with E-state index in [4.69, 9.17) is 0 Å². The summed E-state index contributed by atoms with van der Waals surface area (Å²) in [5.41, 5.74) is 0. The molecule has 73 valence electrons. The van der Waals surface area contributed by atoms with Crippen molar-refractivity contribution < 1.29 is 20.6 Å². The van der Waals surface area contributed by atoms with Crippen molar-refractivity contribution in [2.45, 2.75) is 25.9 Å². The minimum absolute atomic E-state index is 0.395. The Morgan fingerprint density at radius 1 is 1.00 bits per heavy atom. The van der Waals surface area contributed by atoms with Crippen LogP contribution in [0.5, 0.6) is 0 Å².